The van der Waals surface area contributed by atoms with Crippen LogP contribution in [0.15, 0.2) is 65.1 Å². The molecule has 178 valence electrons. The predicted molar refractivity (Wildman–Crippen MR) is 138 cm³/mol. The molecule has 2 N–H and O–H groups in total. The Balaban J connectivity index is 1.32. The van der Waals surface area contributed by atoms with Gasteiger partial charge in [0.25, 0.3) is 0 Å². The van der Waals surface area contributed by atoms with E-state index in [1.54, 1.807) is 4.68 Å². The average Bonchev–Trinajstić information content (AvgIpc) is 3.23. The van der Waals surface area contributed by atoms with Crippen molar-refractivity contribution in [2.45, 2.75) is 32.6 Å². The Labute approximate surface area is 208 Å². The molecule has 0 saturated carbocycles. The van der Waals surface area contributed by atoms with Crippen LogP contribution < -0.4 is 10.6 Å². The molecule has 0 bridgehead atoms. The van der Waals surface area contributed by atoms with Gasteiger partial charge in [0.15, 0.2) is 0 Å². The summed E-state index contributed by atoms with van der Waals surface area (Å²) in [5.74, 6) is 0.590. The molecule has 2 heterocycles. The van der Waals surface area contributed by atoms with Gasteiger partial charge in [-0.2, -0.15) is 5.10 Å². The summed E-state index contributed by atoms with van der Waals surface area (Å²) in [5.41, 5.74) is 2.65. The van der Waals surface area contributed by atoms with Crippen LogP contribution in [0.5, 0.6) is 0 Å². The van der Waals surface area contributed by atoms with E-state index in [0.717, 1.165) is 47.2 Å². The summed E-state index contributed by atoms with van der Waals surface area (Å²) in [5, 5.41) is 10.7. The number of aromatic nitrogens is 2. The third-order valence-electron chi connectivity index (χ3n) is 5.99. The van der Waals surface area contributed by atoms with Crippen LogP contribution in [0.3, 0.4) is 0 Å². The van der Waals surface area contributed by atoms with E-state index in [4.69, 9.17) is 0 Å². The summed E-state index contributed by atoms with van der Waals surface area (Å²) in [7, 11) is 0. The van der Waals surface area contributed by atoms with Gasteiger partial charge in [0.05, 0.1) is 23.6 Å². The van der Waals surface area contributed by atoms with Crippen LogP contribution in [0, 0.1) is 5.92 Å². The highest BCUT2D eigenvalue weighted by molar-refractivity contribution is 9.10. The van der Waals surface area contributed by atoms with Crippen molar-refractivity contribution in [3.63, 3.8) is 0 Å². The fourth-order valence-corrected chi connectivity index (χ4v) is 4.58. The number of para-hydroxylation sites is 2. The molecule has 1 aliphatic rings. The maximum Gasteiger partial charge on any atom is 0.239 e. The van der Waals surface area contributed by atoms with E-state index in [0.29, 0.717) is 25.5 Å². The molecule has 8 heteroatoms. The predicted octanol–water partition coefficient (Wildman–Crippen LogP) is 4.88. The lowest BCUT2D eigenvalue weighted by molar-refractivity contribution is -0.121. The van der Waals surface area contributed by atoms with Crippen LogP contribution in [0.4, 0.5) is 11.5 Å². The van der Waals surface area contributed by atoms with E-state index in [9.17, 15) is 9.59 Å². The number of piperidine rings is 1. The molecule has 0 unspecified atom stereocenters. The first-order valence-electron chi connectivity index (χ1n) is 11.8. The average molecular weight is 524 g/mol. The minimum absolute atomic E-state index is 0.0335. The topological polar surface area (TPSA) is 79.3 Å². The molecule has 1 fully saturated rings. The van der Waals surface area contributed by atoms with E-state index in [1.807, 2.05) is 60.7 Å². The molecule has 3 aromatic rings. The maximum atomic E-state index is 12.8. The normalized spacial score (nSPS) is 14.6. The number of benzene rings is 2. The Morgan fingerprint density at radius 3 is 2.44 bits per heavy atom. The van der Waals surface area contributed by atoms with Gasteiger partial charge in [0, 0.05) is 16.5 Å². The largest absolute Gasteiger partial charge is 0.325 e. The van der Waals surface area contributed by atoms with E-state index in [1.165, 1.54) is 0 Å². The van der Waals surface area contributed by atoms with Gasteiger partial charge >= 0.3 is 0 Å². The van der Waals surface area contributed by atoms with Crippen molar-refractivity contribution in [3.8, 4) is 5.69 Å². The zero-order chi connectivity index (χ0) is 23.9. The standard InChI is InChI=1S/C26H30BrN5O2/c1-2-8-20-17-24(32(30-20)21-9-4-3-5-10-21)29-25(33)18-31-15-13-19(14-16-31)26(34)28-23-12-7-6-11-22(23)27/h3-7,9-12,17,19H,2,8,13-16,18H2,1H3,(H,28,34)(H,29,33). The van der Waals surface area contributed by atoms with Crippen LogP contribution in [0.1, 0.15) is 31.9 Å². The minimum Gasteiger partial charge on any atom is -0.325 e. The molecule has 0 radical (unpaired) electrons. The van der Waals surface area contributed by atoms with Gasteiger partial charge in [-0.25, -0.2) is 4.68 Å². The highest BCUT2D eigenvalue weighted by atomic mass is 79.9. The smallest absolute Gasteiger partial charge is 0.239 e. The number of likely N-dealkylation sites (tertiary alicyclic amines) is 1. The number of nitrogens with one attached hydrogen (secondary N) is 2. The summed E-state index contributed by atoms with van der Waals surface area (Å²) >= 11 is 3.47. The third-order valence-corrected chi connectivity index (χ3v) is 6.68. The van der Waals surface area contributed by atoms with Crippen molar-refractivity contribution in [1.82, 2.24) is 14.7 Å². The molecular formula is C26H30BrN5O2. The van der Waals surface area contributed by atoms with Gasteiger partial charge in [-0.3, -0.25) is 14.5 Å². The van der Waals surface area contributed by atoms with Crippen molar-refractivity contribution >= 4 is 39.2 Å². The summed E-state index contributed by atoms with van der Waals surface area (Å²) in [4.78, 5) is 27.6. The summed E-state index contributed by atoms with van der Waals surface area (Å²) in [6.07, 6.45) is 3.30. The van der Waals surface area contributed by atoms with Crippen molar-refractivity contribution in [2.75, 3.05) is 30.3 Å². The number of aryl methyl sites for hydroxylation is 1. The molecule has 34 heavy (non-hydrogen) atoms. The zero-order valence-electron chi connectivity index (χ0n) is 19.3. The lowest BCUT2D eigenvalue weighted by Crippen LogP contribution is -2.42. The Morgan fingerprint density at radius 1 is 1.03 bits per heavy atom. The summed E-state index contributed by atoms with van der Waals surface area (Å²) < 4.78 is 2.66. The molecule has 0 atom stereocenters. The molecule has 1 aliphatic heterocycles. The molecular weight excluding hydrogens is 494 g/mol. The minimum atomic E-state index is -0.0729. The second-order valence-electron chi connectivity index (χ2n) is 8.59. The number of rotatable bonds is 8. The van der Waals surface area contributed by atoms with E-state index in [2.05, 4.69) is 43.5 Å². The number of hydrogen-bond donors (Lipinski definition) is 2. The monoisotopic (exact) mass is 523 g/mol. The molecule has 4 rings (SSSR count). The van der Waals surface area contributed by atoms with Crippen LogP contribution in [0.25, 0.3) is 5.69 Å². The van der Waals surface area contributed by atoms with Crippen molar-refractivity contribution in [1.29, 1.82) is 0 Å². The van der Waals surface area contributed by atoms with Crippen LogP contribution >= 0.6 is 15.9 Å². The highest BCUT2D eigenvalue weighted by Crippen LogP contribution is 2.25. The Morgan fingerprint density at radius 2 is 1.74 bits per heavy atom. The molecule has 1 aromatic heterocycles. The number of carbonyl (C=O) groups is 2. The fraction of sp³-hybridized carbons (Fsp3) is 0.346. The lowest BCUT2D eigenvalue weighted by Gasteiger charge is -2.30. The molecule has 0 aliphatic carbocycles. The number of amides is 2. The van der Waals surface area contributed by atoms with Crippen LogP contribution in [-0.2, 0) is 16.0 Å². The second kappa shape index (κ2) is 11.4. The summed E-state index contributed by atoms with van der Waals surface area (Å²) in [6.45, 7) is 3.82. The number of halogens is 1. The van der Waals surface area contributed by atoms with Gasteiger partial charge in [-0.05, 0) is 72.5 Å². The second-order valence-corrected chi connectivity index (χ2v) is 9.44. The number of carbonyl (C=O) groups excluding carboxylic acids is 2. The van der Waals surface area contributed by atoms with Gasteiger partial charge < -0.3 is 10.6 Å². The van der Waals surface area contributed by atoms with Crippen molar-refractivity contribution in [2.24, 2.45) is 5.92 Å². The molecule has 2 amide bonds. The third kappa shape index (κ3) is 6.12. The van der Waals surface area contributed by atoms with Crippen LogP contribution in [-0.4, -0.2) is 46.1 Å². The van der Waals surface area contributed by atoms with Crippen LogP contribution in [0.2, 0.25) is 0 Å². The SMILES string of the molecule is CCCc1cc(NC(=O)CN2CCC(C(=O)Nc3ccccc3Br)CC2)n(-c2ccccc2)n1. The van der Waals surface area contributed by atoms with E-state index >= 15 is 0 Å². The highest BCUT2D eigenvalue weighted by Gasteiger charge is 2.26. The Kier molecular flexibility index (Phi) is 8.13. The number of hydrogen-bond acceptors (Lipinski definition) is 4. The lowest BCUT2D eigenvalue weighted by atomic mass is 9.96. The summed E-state index contributed by atoms with van der Waals surface area (Å²) in [6, 6.07) is 19.4. The first-order valence-corrected chi connectivity index (χ1v) is 12.5. The van der Waals surface area contributed by atoms with E-state index < -0.39 is 0 Å². The first-order chi connectivity index (χ1) is 16.5. The quantitative estimate of drug-likeness (QED) is 0.441. The van der Waals surface area contributed by atoms with Gasteiger partial charge in [-0.1, -0.05) is 43.7 Å². The molecule has 7 nitrogen and oxygen atoms in total. The molecule has 1 saturated heterocycles. The fourth-order valence-electron chi connectivity index (χ4n) is 4.20. The number of anilines is 2. The van der Waals surface area contributed by atoms with Gasteiger partial charge in [0.1, 0.15) is 5.82 Å². The van der Waals surface area contributed by atoms with Gasteiger partial charge in [0.2, 0.25) is 11.8 Å². The molecule has 0 spiro atoms. The van der Waals surface area contributed by atoms with Crippen molar-refractivity contribution in [3.05, 3.63) is 70.8 Å². The number of nitrogens with zero attached hydrogens (tertiary/aromatic N) is 3. The Bertz CT molecular complexity index is 1120. The first kappa shape index (κ1) is 24.2. The van der Waals surface area contributed by atoms with Gasteiger partial charge in [-0.15, -0.1) is 0 Å². The maximum absolute atomic E-state index is 12.8. The Hall–Kier alpha value is -2.97. The zero-order valence-corrected chi connectivity index (χ0v) is 20.9. The molecule has 2 aromatic carbocycles. The van der Waals surface area contributed by atoms with E-state index in [-0.39, 0.29) is 17.7 Å². The van der Waals surface area contributed by atoms with Crippen molar-refractivity contribution < 1.29 is 9.59 Å².